The summed E-state index contributed by atoms with van der Waals surface area (Å²) in [4.78, 5) is 15.7. The zero-order valence-corrected chi connectivity index (χ0v) is 19.0. The molecule has 0 aliphatic rings. The molecule has 0 spiro atoms. The Morgan fingerprint density at radius 1 is 1.18 bits per heavy atom. The molecule has 1 aromatic heterocycles. The number of hydrogen-bond donors (Lipinski definition) is 1. The van der Waals surface area contributed by atoms with Gasteiger partial charge in [0.25, 0.3) is 0 Å². The Balaban J connectivity index is 1.81. The number of sulfonamides is 1. The summed E-state index contributed by atoms with van der Waals surface area (Å²) < 4.78 is 72.4. The van der Waals surface area contributed by atoms with Gasteiger partial charge in [-0.15, -0.1) is 0 Å². The zero-order chi connectivity index (χ0) is 24.4. The molecule has 12 heteroatoms. The number of carbonyl (C=O) groups is 1. The highest BCUT2D eigenvalue weighted by Crippen LogP contribution is 2.32. The van der Waals surface area contributed by atoms with Gasteiger partial charge in [-0.1, -0.05) is 12.1 Å². The van der Waals surface area contributed by atoms with Crippen LogP contribution < -0.4 is 10.1 Å². The van der Waals surface area contributed by atoms with Crippen molar-refractivity contribution in [2.45, 2.75) is 30.6 Å². The Kier molecular flexibility index (Phi) is 6.98. The molecule has 8 nitrogen and oxygen atoms in total. The molecule has 3 rings (SSSR count). The Hall–Kier alpha value is -3.12. The molecule has 0 saturated carbocycles. The summed E-state index contributed by atoms with van der Waals surface area (Å²) in [7, 11) is 0.322. The maximum Gasteiger partial charge on any atom is 0.449 e. The number of rotatable bonds is 8. The fourth-order valence-corrected chi connectivity index (χ4v) is 4.13. The van der Waals surface area contributed by atoms with Crippen LogP contribution in [0.15, 0.2) is 47.4 Å². The number of fused-ring (bicyclic) bond motifs is 1. The van der Waals surface area contributed by atoms with Crippen molar-refractivity contribution in [1.29, 1.82) is 0 Å². The molecule has 3 aromatic rings. The number of hydrogen-bond acceptors (Lipinski definition) is 5. The third-order valence-electron chi connectivity index (χ3n) is 4.94. The lowest BCUT2D eigenvalue weighted by molar-refractivity contribution is -0.147. The molecule has 1 amide bonds. The number of alkyl halides is 3. The first-order valence-corrected chi connectivity index (χ1v) is 11.3. The number of nitrogens with zero attached hydrogens (tertiary/aromatic N) is 3. The second-order valence-electron chi connectivity index (χ2n) is 7.40. The summed E-state index contributed by atoms with van der Waals surface area (Å²) in [5, 5.41) is 2.67. The van der Waals surface area contributed by atoms with E-state index in [1.807, 2.05) is 0 Å². The molecule has 1 N–H and O–H groups in total. The van der Waals surface area contributed by atoms with Crippen LogP contribution in [0.1, 0.15) is 17.8 Å². The summed E-state index contributed by atoms with van der Waals surface area (Å²) in [6, 6.07) is 10.6. The number of imidazole rings is 1. The van der Waals surface area contributed by atoms with E-state index in [0.717, 1.165) is 20.5 Å². The molecule has 1 heterocycles. The molecule has 0 saturated heterocycles. The minimum absolute atomic E-state index is 0.0839. The van der Waals surface area contributed by atoms with Crippen LogP contribution in [0.25, 0.3) is 11.0 Å². The quantitative estimate of drug-likeness (QED) is 0.531. The summed E-state index contributed by atoms with van der Waals surface area (Å²) in [6.07, 6.45) is -5.01. The largest absolute Gasteiger partial charge is 0.497 e. The van der Waals surface area contributed by atoms with Crippen molar-refractivity contribution in [3.8, 4) is 5.75 Å². The van der Waals surface area contributed by atoms with Crippen LogP contribution in [0.4, 0.5) is 13.2 Å². The lowest BCUT2D eigenvalue weighted by atomic mass is 10.2. The van der Waals surface area contributed by atoms with E-state index in [1.165, 1.54) is 33.3 Å². The van der Waals surface area contributed by atoms with E-state index in [-0.39, 0.29) is 35.4 Å². The molecule has 0 atom stereocenters. The summed E-state index contributed by atoms with van der Waals surface area (Å²) in [5.41, 5.74) is 0.740. The van der Waals surface area contributed by atoms with Gasteiger partial charge in [-0.3, -0.25) is 4.79 Å². The smallest absolute Gasteiger partial charge is 0.449 e. The summed E-state index contributed by atoms with van der Waals surface area (Å²) in [5.74, 6) is -1.02. The SMILES string of the molecule is COc1cccc(CNC(=O)CCn2c(C(F)(F)F)nc3cc(S(=O)(=O)N(C)C)ccc32)c1. The monoisotopic (exact) mass is 484 g/mol. The van der Waals surface area contributed by atoms with Gasteiger partial charge in [0, 0.05) is 33.6 Å². The Bertz CT molecular complexity index is 1270. The van der Waals surface area contributed by atoms with E-state index < -0.39 is 27.9 Å². The van der Waals surface area contributed by atoms with Crippen LogP contribution in [-0.4, -0.2) is 49.4 Å². The van der Waals surface area contributed by atoms with Crippen molar-refractivity contribution in [3.05, 3.63) is 53.9 Å². The molecular weight excluding hydrogens is 461 g/mol. The zero-order valence-electron chi connectivity index (χ0n) is 18.2. The van der Waals surface area contributed by atoms with Gasteiger partial charge >= 0.3 is 6.18 Å². The topological polar surface area (TPSA) is 93.5 Å². The Morgan fingerprint density at radius 2 is 1.91 bits per heavy atom. The van der Waals surface area contributed by atoms with Gasteiger partial charge in [-0.2, -0.15) is 13.2 Å². The second-order valence-corrected chi connectivity index (χ2v) is 9.55. The Labute approximate surface area is 189 Å². The van der Waals surface area contributed by atoms with Crippen LogP contribution >= 0.6 is 0 Å². The fourth-order valence-electron chi connectivity index (χ4n) is 3.21. The fraction of sp³-hybridized carbons (Fsp3) is 0.333. The van der Waals surface area contributed by atoms with Gasteiger partial charge in [0.05, 0.1) is 23.0 Å². The number of benzene rings is 2. The molecular formula is C21H23F3N4O4S. The van der Waals surface area contributed by atoms with Crippen LogP contribution in [0.5, 0.6) is 5.75 Å². The molecule has 0 aliphatic carbocycles. The van der Waals surface area contributed by atoms with Crippen molar-refractivity contribution in [3.63, 3.8) is 0 Å². The maximum absolute atomic E-state index is 13.6. The molecule has 0 aliphatic heterocycles. The van der Waals surface area contributed by atoms with E-state index in [2.05, 4.69) is 10.3 Å². The normalized spacial score (nSPS) is 12.3. The summed E-state index contributed by atoms with van der Waals surface area (Å²) in [6.45, 7) is -0.0896. The average molecular weight is 485 g/mol. The van der Waals surface area contributed by atoms with Gasteiger partial charge in [-0.25, -0.2) is 17.7 Å². The third-order valence-corrected chi connectivity index (χ3v) is 6.75. The number of ether oxygens (including phenoxy) is 1. The van der Waals surface area contributed by atoms with Crippen LogP contribution in [0.2, 0.25) is 0 Å². The number of carbonyl (C=O) groups excluding carboxylic acids is 1. The molecule has 0 radical (unpaired) electrons. The first kappa shape index (κ1) is 24.5. The Morgan fingerprint density at radius 3 is 2.55 bits per heavy atom. The average Bonchev–Trinajstić information content (AvgIpc) is 3.14. The van der Waals surface area contributed by atoms with Crippen molar-refractivity contribution >= 4 is 27.0 Å². The van der Waals surface area contributed by atoms with Gasteiger partial charge in [0.2, 0.25) is 21.8 Å². The summed E-state index contributed by atoms with van der Waals surface area (Å²) >= 11 is 0. The molecule has 0 fully saturated rings. The van der Waals surface area contributed by atoms with E-state index in [0.29, 0.717) is 5.75 Å². The second kappa shape index (κ2) is 9.40. The highest BCUT2D eigenvalue weighted by atomic mass is 32.2. The van der Waals surface area contributed by atoms with E-state index >= 15 is 0 Å². The van der Waals surface area contributed by atoms with Gasteiger partial charge in [0.1, 0.15) is 5.75 Å². The molecule has 0 bridgehead atoms. The van der Waals surface area contributed by atoms with Crippen LogP contribution in [0.3, 0.4) is 0 Å². The van der Waals surface area contributed by atoms with E-state index in [4.69, 9.17) is 4.74 Å². The maximum atomic E-state index is 13.6. The number of aryl methyl sites for hydroxylation is 1. The molecule has 2 aromatic carbocycles. The predicted octanol–water partition coefficient (Wildman–Crippen LogP) is 3.02. The lowest BCUT2D eigenvalue weighted by Crippen LogP contribution is -2.25. The number of methoxy groups -OCH3 is 1. The van der Waals surface area contributed by atoms with Crippen LogP contribution in [0, 0.1) is 0 Å². The van der Waals surface area contributed by atoms with Crippen molar-refractivity contribution in [1.82, 2.24) is 19.2 Å². The third kappa shape index (κ3) is 5.45. The number of amides is 1. The molecule has 178 valence electrons. The molecule has 0 unspecified atom stereocenters. The van der Waals surface area contributed by atoms with E-state index in [1.54, 1.807) is 24.3 Å². The van der Waals surface area contributed by atoms with Crippen molar-refractivity contribution < 1.29 is 31.1 Å². The number of nitrogens with one attached hydrogen (secondary N) is 1. The van der Waals surface area contributed by atoms with Crippen LogP contribution in [-0.2, 0) is 34.1 Å². The van der Waals surface area contributed by atoms with E-state index in [9.17, 15) is 26.4 Å². The lowest BCUT2D eigenvalue weighted by Gasteiger charge is -2.13. The minimum Gasteiger partial charge on any atom is -0.497 e. The first-order chi connectivity index (χ1) is 15.4. The number of halogens is 3. The van der Waals surface area contributed by atoms with Crippen molar-refractivity contribution in [2.24, 2.45) is 0 Å². The standard InChI is InChI=1S/C21H23F3N4O4S/c1-27(2)33(30,31)16-7-8-18-17(12-16)26-20(21(22,23)24)28(18)10-9-19(29)25-13-14-5-4-6-15(11-14)32-3/h4-8,11-12H,9-10,13H2,1-3H3,(H,25,29). The minimum atomic E-state index is -4.78. The molecule has 33 heavy (non-hydrogen) atoms. The number of aromatic nitrogens is 2. The highest BCUT2D eigenvalue weighted by Gasteiger charge is 2.38. The predicted molar refractivity (Wildman–Crippen MR) is 115 cm³/mol. The van der Waals surface area contributed by atoms with Gasteiger partial charge in [0.15, 0.2) is 0 Å². The van der Waals surface area contributed by atoms with Gasteiger partial charge < -0.3 is 14.6 Å². The van der Waals surface area contributed by atoms with Gasteiger partial charge in [-0.05, 0) is 35.9 Å². The van der Waals surface area contributed by atoms with Crippen molar-refractivity contribution in [2.75, 3.05) is 21.2 Å². The highest BCUT2D eigenvalue weighted by molar-refractivity contribution is 7.89. The first-order valence-electron chi connectivity index (χ1n) is 9.83.